The number of hydrogen-bond donors (Lipinski definition) is 2. The number of aromatic hydroxyl groups is 1. The molecule has 2 aromatic carbocycles. The number of amides is 2. The van der Waals surface area contributed by atoms with E-state index in [1.54, 1.807) is 49.5 Å². The van der Waals surface area contributed by atoms with Gasteiger partial charge in [0.15, 0.2) is 11.5 Å². The summed E-state index contributed by atoms with van der Waals surface area (Å²) in [5.74, 6) is 0.664. The molecule has 0 radical (unpaired) electrons. The Bertz CT molecular complexity index is 964. The van der Waals surface area contributed by atoms with Crippen LogP contribution in [0.15, 0.2) is 49.1 Å². The van der Waals surface area contributed by atoms with Crippen LogP contribution < -0.4 is 14.8 Å². The maximum atomic E-state index is 13.1. The third kappa shape index (κ3) is 4.99. The Labute approximate surface area is 182 Å². The molecule has 2 N–H and O–H groups in total. The standard InChI is InChI=1S/C24H28N2O5/c1-4-7-17-14-18(15-21(30-2)22(17)31-3)24(29)26-12-10-16(11-13-26)23(28)25-19-8-5-6-9-20(19)27/h4-6,8-9,14-16,27H,1,7,10-13H2,2-3H3,(H,25,28). The normalized spacial score (nSPS) is 14.1. The first-order valence-electron chi connectivity index (χ1n) is 10.2. The molecule has 0 spiro atoms. The Hall–Kier alpha value is -3.48. The molecule has 1 aliphatic rings. The molecule has 164 valence electrons. The van der Waals surface area contributed by atoms with Crippen molar-refractivity contribution in [1.82, 2.24) is 4.90 Å². The topological polar surface area (TPSA) is 88.1 Å². The molecule has 3 rings (SSSR count). The molecule has 1 heterocycles. The largest absolute Gasteiger partial charge is 0.506 e. The number of likely N-dealkylation sites (tertiary alicyclic amines) is 1. The van der Waals surface area contributed by atoms with Crippen LogP contribution in [0.3, 0.4) is 0 Å². The van der Waals surface area contributed by atoms with Gasteiger partial charge in [0.1, 0.15) is 5.75 Å². The highest BCUT2D eigenvalue weighted by Gasteiger charge is 2.29. The van der Waals surface area contributed by atoms with Gasteiger partial charge in [-0.05, 0) is 43.5 Å². The fraction of sp³-hybridized carbons (Fsp3) is 0.333. The molecule has 1 aliphatic heterocycles. The van der Waals surface area contributed by atoms with Gasteiger partial charge in [-0.1, -0.05) is 18.2 Å². The molecule has 1 fully saturated rings. The summed E-state index contributed by atoms with van der Waals surface area (Å²) in [7, 11) is 3.11. The van der Waals surface area contributed by atoms with E-state index in [1.165, 1.54) is 6.07 Å². The number of methoxy groups -OCH3 is 2. The van der Waals surface area contributed by atoms with Crippen molar-refractivity contribution in [2.24, 2.45) is 5.92 Å². The van der Waals surface area contributed by atoms with Gasteiger partial charge in [0.2, 0.25) is 5.91 Å². The number of rotatable bonds is 7. The summed E-state index contributed by atoms with van der Waals surface area (Å²) >= 11 is 0. The lowest BCUT2D eigenvalue weighted by Gasteiger charge is -2.31. The highest BCUT2D eigenvalue weighted by molar-refractivity contribution is 5.96. The molecular formula is C24H28N2O5. The number of para-hydroxylation sites is 2. The lowest BCUT2D eigenvalue weighted by molar-refractivity contribution is -0.121. The number of nitrogens with zero attached hydrogens (tertiary/aromatic N) is 1. The molecule has 0 unspecified atom stereocenters. The Kier molecular flexibility index (Phi) is 7.18. The van der Waals surface area contributed by atoms with E-state index in [4.69, 9.17) is 9.47 Å². The molecule has 31 heavy (non-hydrogen) atoms. The van der Waals surface area contributed by atoms with Gasteiger partial charge in [0.05, 0.1) is 19.9 Å². The number of allylic oxidation sites excluding steroid dienone is 1. The fourth-order valence-corrected chi connectivity index (χ4v) is 3.82. The zero-order chi connectivity index (χ0) is 22.4. The van der Waals surface area contributed by atoms with Gasteiger partial charge in [-0.15, -0.1) is 6.58 Å². The lowest BCUT2D eigenvalue weighted by Crippen LogP contribution is -2.41. The minimum absolute atomic E-state index is 0.0345. The monoisotopic (exact) mass is 424 g/mol. The van der Waals surface area contributed by atoms with Gasteiger partial charge in [0.25, 0.3) is 5.91 Å². The van der Waals surface area contributed by atoms with Crippen LogP contribution in [0.1, 0.15) is 28.8 Å². The second-order valence-electron chi connectivity index (χ2n) is 7.44. The van der Waals surface area contributed by atoms with Crippen molar-refractivity contribution in [3.8, 4) is 17.2 Å². The summed E-state index contributed by atoms with van der Waals surface area (Å²) in [6, 6.07) is 10.1. The Morgan fingerprint density at radius 1 is 1.19 bits per heavy atom. The molecule has 2 aromatic rings. The predicted octanol–water partition coefficient (Wildman–Crippen LogP) is 3.63. The molecule has 0 bridgehead atoms. The van der Waals surface area contributed by atoms with Crippen LogP contribution in [0.4, 0.5) is 5.69 Å². The number of piperidine rings is 1. The van der Waals surface area contributed by atoms with E-state index < -0.39 is 0 Å². The van der Waals surface area contributed by atoms with Crippen molar-refractivity contribution in [3.05, 3.63) is 60.2 Å². The van der Waals surface area contributed by atoms with Gasteiger partial charge < -0.3 is 24.8 Å². The number of hydrogen-bond acceptors (Lipinski definition) is 5. The minimum Gasteiger partial charge on any atom is -0.506 e. The average Bonchev–Trinajstić information content (AvgIpc) is 2.79. The number of carbonyl (C=O) groups excluding carboxylic acids is 2. The van der Waals surface area contributed by atoms with E-state index in [1.807, 2.05) is 6.07 Å². The Morgan fingerprint density at radius 3 is 2.52 bits per heavy atom. The van der Waals surface area contributed by atoms with Gasteiger partial charge in [-0.2, -0.15) is 0 Å². The van der Waals surface area contributed by atoms with Crippen LogP contribution in [-0.2, 0) is 11.2 Å². The molecular weight excluding hydrogens is 396 g/mol. The molecule has 0 atom stereocenters. The van der Waals surface area contributed by atoms with E-state index in [-0.39, 0.29) is 23.5 Å². The van der Waals surface area contributed by atoms with E-state index >= 15 is 0 Å². The highest BCUT2D eigenvalue weighted by atomic mass is 16.5. The maximum Gasteiger partial charge on any atom is 0.254 e. The quantitative estimate of drug-likeness (QED) is 0.524. The Morgan fingerprint density at radius 2 is 1.90 bits per heavy atom. The predicted molar refractivity (Wildman–Crippen MR) is 119 cm³/mol. The molecule has 0 aromatic heterocycles. The van der Waals surface area contributed by atoms with E-state index in [2.05, 4.69) is 11.9 Å². The van der Waals surface area contributed by atoms with E-state index in [0.29, 0.717) is 55.1 Å². The number of benzene rings is 2. The van der Waals surface area contributed by atoms with Crippen molar-refractivity contribution in [2.75, 3.05) is 32.6 Å². The van der Waals surface area contributed by atoms with Crippen molar-refractivity contribution < 1.29 is 24.2 Å². The summed E-state index contributed by atoms with van der Waals surface area (Å²) in [6.45, 7) is 4.72. The van der Waals surface area contributed by atoms with Crippen LogP contribution in [0.2, 0.25) is 0 Å². The molecule has 1 saturated heterocycles. The van der Waals surface area contributed by atoms with Crippen LogP contribution in [-0.4, -0.2) is 49.1 Å². The molecule has 2 amide bonds. The van der Waals surface area contributed by atoms with Crippen LogP contribution in [0.25, 0.3) is 0 Å². The van der Waals surface area contributed by atoms with Gasteiger partial charge in [-0.3, -0.25) is 9.59 Å². The van der Waals surface area contributed by atoms with E-state index in [0.717, 1.165) is 5.56 Å². The third-order valence-electron chi connectivity index (χ3n) is 5.48. The Balaban J connectivity index is 1.67. The number of anilines is 1. The fourth-order valence-electron chi connectivity index (χ4n) is 3.82. The average molecular weight is 424 g/mol. The second-order valence-corrected chi connectivity index (χ2v) is 7.44. The lowest BCUT2D eigenvalue weighted by atomic mass is 9.95. The van der Waals surface area contributed by atoms with Gasteiger partial charge in [0, 0.05) is 30.1 Å². The molecule has 7 heteroatoms. The van der Waals surface area contributed by atoms with Crippen LogP contribution >= 0.6 is 0 Å². The SMILES string of the molecule is C=CCc1cc(C(=O)N2CCC(C(=O)Nc3ccccc3O)CC2)cc(OC)c1OC. The van der Waals surface area contributed by atoms with Crippen LogP contribution in [0.5, 0.6) is 17.2 Å². The smallest absolute Gasteiger partial charge is 0.254 e. The number of phenols is 1. The molecule has 0 aliphatic carbocycles. The number of phenolic OH excluding ortho intramolecular Hbond substituents is 1. The van der Waals surface area contributed by atoms with Crippen molar-refractivity contribution in [2.45, 2.75) is 19.3 Å². The molecule has 7 nitrogen and oxygen atoms in total. The summed E-state index contributed by atoms with van der Waals surface area (Å²) in [5, 5.41) is 12.6. The van der Waals surface area contributed by atoms with Crippen molar-refractivity contribution in [3.63, 3.8) is 0 Å². The van der Waals surface area contributed by atoms with Gasteiger partial charge >= 0.3 is 0 Å². The number of ether oxygens (including phenoxy) is 2. The minimum atomic E-state index is -0.217. The van der Waals surface area contributed by atoms with Crippen molar-refractivity contribution in [1.29, 1.82) is 0 Å². The van der Waals surface area contributed by atoms with Crippen LogP contribution in [0, 0.1) is 5.92 Å². The first kappa shape index (κ1) is 22.2. The third-order valence-corrected chi connectivity index (χ3v) is 5.48. The van der Waals surface area contributed by atoms with Gasteiger partial charge in [-0.25, -0.2) is 0 Å². The summed E-state index contributed by atoms with van der Waals surface area (Å²) in [5.41, 5.74) is 1.75. The summed E-state index contributed by atoms with van der Waals surface area (Å²) in [4.78, 5) is 27.4. The first-order valence-corrected chi connectivity index (χ1v) is 10.2. The molecule has 0 saturated carbocycles. The number of carbonyl (C=O) groups is 2. The van der Waals surface area contributed by atoms with Crippen molar-refractivity contribution >= 4 is 17.5 Å². The summed E-state index contributed by atoms with van der Waals surface area (Å²) in [6.07, 6.45) is 3.41. The second kappa shape index (κ2) is 10.0. The highest BCUT2D eigenvalue weighted by Crippen LogP contribution is 2.34. The zero-order valence-corrected chi connectivity index (χ0v) is 17.9. The maximum absolute atomic E-state index is 13.1. The number of nitrogens with one attached hydrogen (secondary N) is 1. The van der Waals surface area contributed by atoms with E-state index in [9.17, 15) is 14.7 Å². The first-order chi connectivity index (χ1) is 15.0. The zero-order valence-electron chi connectivity index (χ0n) is 17.9. The summed E-state index contributed by atoms with van der Waals surface area (Å²) < 4.78 is 10.9.